The summed E-state index contributed by atoms with van der Waals surface area (Å²) in [5.74, 6) is -0.570. The second-order valence-electron chi connectivity index (χ2n) is 19.5. The zero-order valence-electron chi connectivity index (χ0n) is 34.8. The minimum absolute atomic E-state index is 0.00516. The summed E-state index contributed by atoms with van der Waals surface area (Å²) < 4.78 is 29.2. The molecule has 14 nitrogen and oxygen atoms in total. The van der Waals surface area contributed by atoms with E-state index in [1.54, 1.807) is 25.8 Å². The molecule has 3 N–H and O–H groups in total. The van der Waals surface area contributed by atoms with Crippen molar-refractivity contribution in [1.82, 2.24) is 15.7 Å². The van der Waals surface area contributed by atoms with Gasteiger partial charge in [-0.3, -0.25) is 24.0 Å². The van der Waals surface area contributed by atoms with E-state index in [0.29, 0.717) is 23.4 Å². The van der Waals surface area contributed by atoms with Crippen LogP contribution in [0.15, 0.2) is 29.8 Å². The predicted molar refractivity (Wildman–Crippen MR) is 209 cm³/mol. The topological polar surface area (TPSA) is 174 Å². The Bertz CT molecular complexity index is 1790. The Labute approximate surface area is 341 Å². The fourth-order valence-electron chi connectivity index (χ4n) is 10.8. The Hall–Kier alpha value is -3.40. The lowest BCUT2D eigenvalue weighted by molar-refractivity contribution is -0.201. The van der Waals surface area contributed by atoms with Gasteiger partial charge in [0.05, 0.1) is 30.9 Å². The van der Waals surface area contributed by atoms with E-state index < -0.39 is 71.3 Å². The van der Waals surface area contributed by atoms with Gasteiger partial charge in [-0.1, -0.05) is 49.8 Å². The molecule has 1 unspecified atom stereocenters. The Balaban J connectivity index is 0.930. The highest BCUT2D eigenvalue weighted by Crippen LogP contribution is 2.60. The van der Waals surface area contributed by atoms with Crippen molar-refractivity contribution in [3.8, 4) is 0 Å². The van der Waals surface area contributed by atoms with Crippen molar-refractivity contribution in [3.63, 3.8) is 0 Å². The number of nitrogens with one attached hydrogen (secondary N) is 2. The first-order valence-corrected chi connectivity index (χ1v) is 21.2. The van der Waals surface area contributed by atoms with E-state index >= 15 is 0 Å². The van der Waals surface area contributed by atoms with Crippen molar-refractivity contribution in [1.29, 1.82) is 0 Å². The van der Waals surface area contributed by atoms with Crippen molar-refractivity contribution in [2.24, 2.45) is 22.7 Å². The lowest BCUT2D eigenvalue weighted by Gasteiger charge is -2.53. The van der Waals surface area contributed by atoms with Crippen molar-refractivity contribution < 1.29 is 52.8 Å². The standard InChI is InChI=1S/C44H61N3O11/c1-41(2,3)57-34(50)14-12-28(23-48)46-33(49)16-18-45-40(52)44-21-31-35-36(54-24-53-35)38(44)58-47(37(44)39(51)55-31)22-26-9-7-25(8-10-26)19-27-11-13-32-43(6,56-32)17-15-30-29(27)20-42(30,4)5/h7-10,19,28-32,35-38,48H,11-18,20-24H2,1-6H3,(H,45,52)(H,46,49)/t28-,29+,30+,31+,32?,35-,36-,37-,38+,43+,44-/m0/s1. The zero-order chi connectivity index (χ0) is 41.2. The number of fused-ring (bicyclic) bond motifs is 6. The number of aliphatic hydroxyl groups excluding tert-OH is 1. The molecule has 2 bridgehead atoms. The number of epoxide rings is 1. The smallest absolute Gasteiger partial charge is 0.327 e. The number of nitrogens with zero attached hydrogens (tertiary/aromatic N) is 1. The van der Waals surface area contributed by atoms with E-state index in [4.69, 9.17) is 28.5 Å². The zero-order valence-corrected chi connectivity index (χ0v) is 34.8. The molecule has 4 saturated heterocycles. The minimum atomic E-state index is -1.35. The Morgan fingerprint density at radius 2 is 1.81 bits per heavy atom. The molecule has 4 heterocycles. The van der Waals surface area contributed by atoms with Gasteiger partial charge in [-0.25, -0.2) is 0 Å². The highest BCUT2D eigenvalue weighted by atomic mass is 16.8. The molecule has 0 spiro atoms. The van der Waals surface area contributed by atoms with Gasteiger partial charge in [0.2, 0.25) is 11.8 Å². The number of aliphatic hydroxyl groups is 1. The van der Waals surface area contributed by atoms with E-state index in [1.165, 1.54) is 18.4 Å². The molecule has 3 aliphatic carbocycles. The summed E-state index contributed by atoms with van der Waals surface area (Å²) in [6.07, 6.45) is 5.95. The molecule has 3 saturated carbocycles. The van der Waals surface area contributed by atoms with E-state index in [2.05, 4.69) is 49.6 Å². The number of carbonyl (C=O) groups is 4. The quantitative estimate of drug-likeness (QED) is 0.204. The third kappa shape index (κ3) is 7.97. The molecule has 1 aromatic rings. The molecule has 0 radical (unpaired) electrons. The molecule has 4 aliphatic heterocycles. The molecule has 58 heavy (non-hydrogen) atoms. The normalized spacial score (nSPS) is 37.1. The van der Waals surface area contributed by atoms with Crippen LogP contribution in [0.2, 0.25) is 0 Å². The number of ether oxygens (including phenoxy) is 5. The Morgan fingerprint density at radius 3 is 2.53 bits per heavy atom. The maximum Gasteiger partial charge on any atom is 0.327 e. The highest BCUT2D eigenvalue weighted by molar-refractivity contribution is 5.94. The number of carbonyl (C=O) groups excluding carboxylic acids is 4. The monoisotopic (exact) mass is 807 g/mol. The van der Waals surface area contributed by atoms with Crippen LogP contribution in [-0.4, -0.2) is 108 Å². The van der Waals surface area contributed by atoms with Crippen LogP contribution in [0.3, 0.4) is 0 Å². The Kier molecular flexibility index (Phi) is 11.1. The van der Waals surface area contributed by atoms with Gasteiger partial charge in [-0.05, 0) is 94.6 Å². The van der Waals surface area contributed by atoms with Gasteiger partial charge in [-0.15, -0.1) is 0 Å². The third-order valence-corrected chi connectivity index (χ3v) is 13.9. The molecule has 2 amide bonds. The molecule has 318 valence electrons. The first-order valence-electron chi connectivity index (χ1n) is 21.2. The van der Waals surface area contributed by atoms with Gasteiger partial charge in [0.1, 0.15) is 42.2 Å². The lowest BCUT2D eigenvalue weighted by Crippen LogP contribution is -2.69. The number of hydrogen-bond acceptors (Lipinski definition) is 12. The van der Waals surface area contributed by atoms with Gasteiger partial charge in [0.25, 0.3) is 0 Å². The molecular formula is C44H61N3O11. The van der Waals surface area contributed by atoms with Crippen molar-refractivity contribution in [3.05, 3.63) is 41.0 Å². The van der Waals surface area contributed by atoms with Gasteiger partial charge in [-0.2, -0.15) is 5.06 Å². The summed E-state index contributed by atoms with van der Waals surface area (Å²) in [5, 5.41) is 17.0. The van der Waals surface area contributed by atoms with Crippen LogP contribution in [0.5, 0.6) is 0 Å². The van der Waals surface area contributed by atoms with Gasteiger partial charge in [0.15, 0.2) is 6.04 Å². The van der Waals surface area contributed by atoms with Crippen molar-refractivity contribution in [2.75, 3.05) is 19.9 Å². The average Bonchev–Trinajstić information content (AvgIpc) is 3.44. The fourth-order valence-corrected chi connectivity index (χ4v) is 10.8. The molecular weight excluding hydrogens is 746 g/mol. The van der Waals surface area contributed by atoms with Crippen LogP contribution in [0.4, 0.5) is 0 Å². The first-order chi connectivity index (χ1) is 27.5. The highest BCUT2D eigenvalue weighted by Gasteiger charge is 2.74. The summed E-state index contributed by atoms with van der Waals surface area (Å²) in [5.41, 5.74) is 1.94. The number of hydroxylamine groups is 2. The molecule has 7 fully saturated rings. The first kappa shape index (κ1) is 41.3. The number of esters is 2. The molecule has 7 aliphatic rings. The molecule has 11 atom stereocenters. The van der Waals surface area contributed by atoms with E-state index in [1.807, 2.05) is 12.1 Å². The maximum atomic E-state index is 14.4. The largest absolute Gasteiger partial charge is 0.460 e. The van der Waals surface area contributed by atoms with Crippen LogP contribution in [0.25, 0.3) is 6.08 Å². The lowest BCUT2D eigenvalue weighted by atomic mass is 9.52. The fraction of sp³-hybridized carbons (Fsp3) is 0.727. The minimum Gasteiger partial charge on any atom is -0.460 e. The van der Waals surface area contributed by atoms with E-state index in [0.717, 1.165) is 30.4 Å². The van der Waals surface area contributed by atoms with Crippen LogP contribution >= 0.6 is 0 Å². The third-order valence-electron chi connectivity index (χ3n) is 13.9. The van der Waals surface area contributed by atoms with Gasteiger partial charge in [0, 0.05) is 25.8 Å². The summed E-state index contributed by atoms with van der Waals surface area (Å²) >= 11 is 0. The average molecular weight is 808 g/mol. The predicted octanol–water partition coefficient (Wildman–Crippen LogP) is 4.11. The number of benzene rings is 1. The van der Waals surface area contributed by atoms with Gasteiger partial charge >= 0.3 is 11.9 Å². The number of rotatable bonds is 12. The van der Waals surface area contributed by atoms with E-state index in [9.17, 15) is 24.3 Å². The van der Waals surface area contributed by atoms with E-state index in [-0.39, 0.29) is 57.8 Å². The molecule has 0 aromatic heterocycles. The van der Waals surface area contributed by atoms with Crippen LogP contribution in [0, 0.1) is 22.7 Å². The SMILES string of the molecule is CC(C)(C)OC(=O)CC[C@@H](CO)NC(=O)CCNC(=O)[C@@]12C[C@H]3OC(=O)[C@@H]1N(Cc1ccc(C=C4CCC5O[C@]5(C)CC[C@@H]5[C@@H]4CC5(C)C)cc1)O[C@@H]2[C@H]1OCO[C@H]13. The summed E-state index contributed by atoms with van der Waals surface area (Å²) in [6, 6.07) is 6.61. The van der Waals surface area contributed by atoms with Crippen LogP contribution in [0.1, 0.15) is 110 Å². The number of amides is 2. The summed E-state index contributed by atoms with van der Waals surface area (Å²) in [4.78, 5) is 59.8. The van der Waals surface area contributed by atoms with Crippen molar-refractivity contribution >= 4 is 29.8 Å². The summed E-state index contributed by atoms with van der Waals surface area (Å²) in [6.45, 7) is 12.2. The second-order valence-corrected chi connectivity index (χ2v) is 19.5. The number of hydrogen-bond donors (Lipinski definition) is 3. The van der Waals surface area contributed by atoms with Gasteiger partial charge < -0.3 is 39.4 Å². The van der Waals surface area contributed by atoms with Crippen LogP contribution < -0.4 is 10.6 Å². The molecule has 8 rings (SSSR count). The summed E-state index contributed by atoms with van der Waals surface area (Å²) in [7, 11) is 0. The number of allylic oxidation sites excluding steroid dienone is 1. The Morgan fingerprint density at radius 1 is 1.05 bits per heavy atom. The van der Waals surface area contributed by atoms with Crippen LogP contribution in [-0.2, 0) is 54.2 Å². The second kappa shape index (κ2) is 15.6. The van der Waals surface area contributed by atoms with Crippen molar-refractivity contribution in [2.45, 2.75) is 160 Å². The molecule has 1 aromatic carbocycles. The molecule has 14 heteroatoms. The maximum absolute atomic E-state index is 14.4.